The summed E-state index contributed by atoms with van der Waals surface area (Å²) in [6, 6.07) is 4.33. The summed E-state index contributed by atoms with van der Waals surface area (Å²) in [5.41, 5.74) is 6.23. The summed E-state index contributed by atoms with van der Waals surface area (Å²) in [5.74, 6) is -0.0471. The van der Waals surface area contributed by atoms with Gasteiger partial charge in [-0.2, -0.15) is 0 Å². The Morgan fingerprint density at radius 3 is 2.71 bits per heavy atom. The van der Waals surface area contributed by atoms with Gasteiger partial charge in [-0.25, -0.2) is 0 Å². The van der Waals surface area contributed by atoms with Crippen molar-refractivity contribution >= 4 is 11.6 Å². The Balaban J connectivity index is 3.01. The van der Waals surface area contributed by atoms with Gasteiger partial charge in [0.2, 0.25) is 0 Å². The second-order valence-electron chi connectivity index (χ2n) is 3.18. The molecule has 0 fully saturated rings. The number of phenols is 1. The maximum absolute atomic E-state index is 9.59. The van der Waals surface area contributed by atoms with Crippen LogP contribution in [0.4, 0.5) is 0 Å². The van der Waals surface area contributed by atoms with Crippen LogP contribution in [0.2, 0.25) is 5.02 Å². The highest BCUT2D eigenvalue weighted by atomic mass is 35.5. The van der Waals surface area contributed by atoms with Crippen LogP contribution in [0.15, 0.2) is 18.2 Å². The van der Waals surface area contributed by atoms with E-state index in [0.717, 1.165) is 0 Å². The van der Waals surface area contributed by atoms with Crippen molar-refractivity contribution in [2.75, 3.05) is 0 Å². The zero-order valence-electron chi connectivity index (χ0n) is 7.94. The minimum atomic E-state index is -0.667. The van der Waals surface area contributed by atoms with E-state index in [4.69, 9.17) is 17.3 Å². The topological polar surface area (TPSA) is 66.5 Å². The fourth-order valence-electron chi connectivity index (χ4n) is 1.26. The lowest BCUT2D eigenvalue weighted by molar-refractivity contribution is 0.139. The summed E-state index contributed by atoms with van der Waals surface area (Å²) < 4.78 is 0. The van der Waals surface area contributed by atoms with E-state index in [2.05, 4.69) is 0 Å². The van der Waals surface area contributed by atoms with Crippen LogP contribution in [0, 0.1) is 0 Å². The molecular formula is C10H14ClNO2. The number of halogens is 1. The maximum Gasteiger partial charge on any atom is 0.139 e. The van der Waals surface area contributed by atoms with Gasteiger partial charge in [0.05, 0.1) is 17.2 Å². The molecule has 0 unspecified atom stereocenters. The predicted molar refractivity (Wildman–Crippen MR) is 56.3 cm³/mol. The van der Waals surface area contributed by atoms with Gasteiger partial charge in [0.1, 0.15) is 5.75 Å². The van der Waals surface area contributed by atoms with E-state index in [1.54, 1.807) is 18.2 Å². The molecule has 2 atom stereocenters. The molecule has 1 rings (SSSR count). The fraction of sp³-hybridized carbons (Fsp3) is 0.400. The minimum Gasteiger partial charge on any atom is -0.506 e. The normalized spacial score (nSPS) is 15.1. The van der Waals surface area contributed by atoms with Crippen LogP contribution in [-0.2, 0) is 0 Å². The molecule has 0 saturated carbocycles. The monoisotopic (exact) mass is 215 g/mol. The highest BCUT2D eigenvalue weighted by Gasteiger charge is 2.19. The lowest BCUT2D eigenvalue weighted by Crippen LogP contribution is -2.25. The van der Waals surface area contributed by atoms with Crippen molar-refractivity contribution in [3.8, 4) is 5.75 Å². The largest absolute Gasteiger partial charge is 0.506 e. The minimum absolute atomic E-state index is 0.0471. The average molecular weight is 216 g/mol. The molecule has 0 aliphatic carbocycles. The smallest absolute Gasteiger partial charge is 0.139 e. The van der Waals surface area contributed by atoms with E-state index in [0.29, 0.717) is 12.0 Å². The molecule has 0 aliphatic rings. The van der Waals surface area contributed by atoms with Crippen molar-refractivity contribution in [3.05, 3.63) is 28.8 Å². The van der Waals surface area contributed by atoms with Crippen LogP contribution >= 0.6 is 11.6 Å². The zero-order valence-corrected chi connectivity index (χ0v) is 8.70. The molecule has 0 aromatic heterocycles. The first-order chi connectivity index (χ1) is 6.57. The number of hydrogen-bond donors (Lipinski definition) is 3. The van der Waals surface area contributed by atoms with Crippen LogP contribution in [0.1, 0.15) is 24.9 Å². The molecule has 0 bridgehead atoms. The van der Waals surface area contributed by atoms with E-state index in [9.17, 15) is 10.2 Å². The molecule has 0 saturated heterocycles. The first-order valence-electron chi connectivity index (χ1n) is 4.49. The van der Waals surface area contributed by atoms with Crippen molar-refractivity contribution in [2.24, 2.45) is 5.73 Å². The van der Waals surface area contributed by atoms with E-state index in [-0.39, 0.29) is 10.8 Å². The van der Waals surface area contributed by atoms with Gasteiger partial charge in [0.15, 0.2) is 0 Å². The molecule has 1 aromatic rings. The molecule has 14 heavy (non-hydrogen) atoms. The third kappa shape index (κ3) is 2.18. The van der Waals surface area contributed by atoms with Gasteiger partial charge in [0.25, 0.3) is 0 Å². The third-order valence-corrected chi connectivity index (χ3v) is 2.51. The fourth-order valence-corrected chi connectivity index (χ4v) is 1.44. The summed E-state index contributed by atoms with van der Waals surface area (Å²) in [4.78, 5) is 0. The molecule has 78 valence electrons. The molecule has 0 spiro atoms. The van der Waals surface area contributed by atoms with Crippen LogP contribution in [0.5, 0.6) is 5.75 Å². The molecule has 0 radical (unpaired) electrons. The van der Waals surface area contributed by atoms with Gasteiger partial charge >= 0.3 is 0 Å². The Hall–Kier alpha value is -0.770. The number of benzene rings is 1. The Bertz CT molecular complexity index is 317. The van der Waals surface area contributed by atoms with E-state index >= 15 is 0 Å². The number of rotatable bonds is 3. The number of para-hydroxylation sites is 1. The number of aliphatic hydroxyl groups is 1. The SMILES string of the molecule is CC[C@H](O)[C@H](N)c1cccc(Cl)c1O. The van der Waals surface area contributed by atoms with Crippen molar-refractivity contribution in [1.82, 2.24) is 0 Å². The number of aliphatic hydroxyl groups excluding tert-OH is 1. The average Bonchev–Trinajstić information content (AvgIpc) is 2.20. The van der Waals surface area contributed by atoms with Crippen molar-refractivity contribution in [1.29, 1.82) is 0 Å². The molecule has 1 aromatic carbocycles. The Kier molecular flexibility index (Phi) is 3.75. The van der Waals surface area contributed by atoms with E-state index < -0.39 is 12.1 Å². The van der Waals surface area contributed by atoms with Crippen LogP contribution < -0.4 is 5.73 Å². The van der Waals surface area contributed by atoms with Gasteiger partial charge < -0.3 is 15.9 Å². The van der Waals surface area contributed by atoms with Crippen molar-refractivity contribution < 1.29 is 10.2 Å². The number of phenolic OH excluding ortho intramolecular Hbond substituents is 1. The zero-order chi connectivity index (χ0) is 10.7. The molecule has 0 amide bonds. The predicted octanol–water partition coefficient (Wildman–Crippen LogP) is 1.82. The van der Waals surface area contributed by atoms with Gasteiger partial charge in [-0.15, -0.1) is 0 Å². The standard InChI is InChI=1S/C10H14ClNO2/c1-2-8(13)9(12)6-4-3-5-7(11)10(6)14/h3-5,8-9,13-14H,2,12H2,1H3/t8-,9+/m0/s1. The lowest BCUT2D eigenvalue weighted by atomic mass is 10.00. The van der Waals surface area contributed by atoms with Crippen molar-refractivity contribution in [3.63, 3.8) is 0 Å². The number of hydrogen-bond acceptors (Lipinski definition) is 3. The van der Waals surface area contributed by atoms with Gasteiger partial charge in [-0.1, -0.05) is 30.7 Å². The molecule has 4 N–H and O–H groups in total. The second-order valence-corrected chi connectivity index (χ2v) is 3.59. The maximum atomic E-state index is 9.59. The number of nitrogens with two attached hydrogens (primary N) is 1. The second kappa shape index (κ2) is 4.64. The van der Waals surface area contributed by atoms with Crippen LogP contribution in [0.3, 0.4) is 0 Å². The third-order valence-electron chi connectivity index (χ3n) is 2.21. The Labute approximate surface area is 88.1 Å². The Morgan fingerprint density at radius 2 is 2.14 bits per heavy atom. The Morgan fingerprint density at radius 1 is 1.50 bits per heavy atom. The number of aromatic hydroxyl groups is 1. The first kappa shape index (κ1) is 11.3. The molecule has 3 nitrogen and oxygen atoms in total. The lowest BCUT2D eigenvalue weighted by Gasteiger charge is -2.18. The summed E-state index contributed by atoms with van der Waals surface area (Å²) in [6.07, 6.45) is -0.132. The molecule has 0 heterocycles. The van der Waals surface area contributed by atoms with Crippen LogP contribution in [0.25, 0.3) is 0 Å². The molecule has 0 aliphatic heterocycles. The highest BCUT2D eigenvalue weighted by molar-refractivity contribution is 6.32. The van der Waals surface area contributed by atoms with Gasteiger partial charge in [0, 0.05) is 5.56 Å². The molecular weight excluding hydrogens is 202 g/mol. The highest BCUT2D eigenvalue weighted by Crippen LogP contribution is 2.32. The summed E-state index contributed by atoms with van der Waals surface area (Å²) in [5, 5.41) is 19.4. The van der Waals surface area contributed by atoms with E-state index in [1.807, 2.05) is 6.92 Å². The van der Waals surface area contributed by atoms with Gasteiger partial charge in [-0.05, 0) is 12.5 Å². The quantitative estimate of drug-likeness (QED) is 0.721. The summed E-state index contributed by atoms with van der Waals surface area (Å²) in [6.45, 7) is 1.83. The summed E-state index contributed by atoms with van der Waals surface area (Å²) >= 11 is 5.72. The van der Waals surface area contributed by atoms with Crippen LogP contribution in [-0.4, -0.2) is 16.3 Å². The van der Waals surface area contributed by atoms with E-state index in [1.165, 1.54) is 0 Å². The first-order valence-corrected chi connectivity index (χ1v) is 4.86. The molecule has 4 heteroatoms. The summed E-state index contributed by atoms with van der Waals surface area (Å²) in [7, 11) is 0. The van der Waals surface area contributed by atoms with Gasteiger partial charge in [-0.3, -0.25) is 0 Å². The van der Waals surface area contributed by atoms with Crippen molar-refractivity contribution in [2.45, 2.75) is 25.5 Å².